The van der Waals surface area contributed by atoms with Crippen molar-refractivity contribution in [3.8, 4) is 0 Å². The number of nitrogens with one attached hydrogen (secondary N) is 2. The van der Waals surface area contributed by atoms with Crippen LogP contribution >= 0.6 is 29.1 Å². The number of hydrogen-bond acceptors (Lipinski definition) is 4. The maximum Gasteiger partial charge on any atom is 0.267 e. The Bertz CT molecular complexity index is 253. The summed E-state index contributed by atoms with van der Waals surface area (Å²) in [7, 11) is 1.61. The third-order valence-electron chi connectivity index (χ3n) is 1.80. The van der Waals surface area contributed by atoms with Crippen molar-refractivity contribution in [2.75, 3.05) is 31.8 Å². The van der Waals surface area contributed by atoms with Gasteiger partial charge in [-0.15, -0.1) is 0 Å². The summed E-state index contributed by atoms with van der Waals surface area (Å²) in [6.07, 6.45) is 3.16. The molecule has 5 nitrogen and oxygen atoms in total. The van der Waals surface area contributed by atoms with Gasteiger partial charge in [0.1, 0.15) is 0 Å². The van der Waals surface area contributed by atoms with Crippen LogP contribution in [0.2, 0.25) is 0 Å². The van der Waals surface area contributed by atoms with Crippen molar-refractivity contribution in [3.05, 3.63) is 0 Å². The van der Waals surface area contributed by atoms with Crippen molar-refractivity contribution < 1.29 is 14.3 Å². The lowest BCUT2D eigenvalue weighted by Crippen LogP contribution is -2.24. The molecule has 0 bridgehead atoms. The average molecular weight is 286 g/mol. The molecule has 0 radical (unpaired) electrons. The van der Waals surface area contributed by atoms with Gasteiger partial charge in [-0.25, -0.2) is 5.09 Å². The summed E-state index contributed by atoms with van der Waals surface area (Å²) in [5.41, 5.74) is 0. The average Bonchev–Trinajstić information content (AvgIpc) is 2.24. The Morgan fingerprint density at radius 3 is 2.75 bits per heavy atom. The molecule has 0 aliphatic carbocycles. The highest BCUT2D eigenvalue weighted by atomic mass is 33.1. The molecule has 1 amide bonds. The van der Waals surface area contributed by atoms with Crippen LogP contribution in [-0.2, 0) is 9.36 Å². The van der Waals surface area contributed by atoms with E-state index in [-0.39, 0.29) is 25.0 Å². The fourth-order valence-corrected chi connectivity index (χ4v) is 3.67. The van der Waals surface area contributed by atoms with Crippen molar-refractivity contribution in [1.82, 2.24) is 10.4 Å². The zero-order chi connectivity index (χ0) is 12.4. The van der Waals surface area contributed by atoms with Gasteiger partial charge in [-0.3, -0.25) is 9.36 Å². The zero-order valence-corrected chi connectivity index (χ0v) is 12.1. The van der Waals surface area contributed by atoms with Crippen molar-refractivity contribution in [1.29, 1.82) is 0 Å². The van der Waals surface area contributed by atoms with E-state index in [2.05, 4.69) is 10.4 Å². The molecule has 8 heteroatoms. The number of rotatable bonds is 9. The first-order valence-corrected chi connectivity index (χ1v) is 9.52. The summed E-state index contributed by atoms with van der Waals surface area (Å²) in [4.78, 5) is 20.4. The van der Waals surface area contributed by atoms with Crippen LogP contribution in [-0.4, -0.2) is 42.6 Å². The lowest BCUT2D eigenvalue weighted by molar-refractivity contribution is -0.120. The smallest absolute Gasteiger partial charge is 0.267 e. The minimum Gasteiger partial charge on any atom is -0.359 e. The van der Waals surface area contributed by atoms with Gasteiger partial charge >= 0.3 is 0 Å². The predicted molar refractivity (Wildman–Crippen MR) is 72.0 cm³/mol. The number of carbonyl (C=O) groups is 1. The topological polar surface area (TPSA) is 78.4 Å². The maximum atomic E-state index is 11.5. The first-order chi connectivity index (χ1) is 7.52. The highest BCUT2D eigenvalue weighted by Crippen LogP contribution is 2.36. The molecule has 0 saturated carbocycles. The van der Waals surface area contributed by atoms with Crippen LogP contribution in [0, 0.1) is 0 Å². The van der Waals surface area contributed by atoms with Gasteiger partial charge in [0.05, 0.1) is 0 Å². The first-order valence-electron chi connectivity index (χ1n) is 4.95. The van der Waals surface area contributed by atoms with Gasteiger partial charge in [0.25, 0.3) is 7.52 Å². The third kappa shape index (κ3) is 9.54. The molecule has 1 atom stereocenters. The van der Waals surface area contributed by atoms with Gasteiger partial charge < -0.3 is 10.2 Å². The normalized spacial score (nSPS) is 14.4. The summed E-state index contributed by atoms with van der Waals surface area (Å²) in [5.74, 6) is 0.730. The van der Waals surface area contributed by atoms with E-state index >= 15 is 0 Å². The molecule has 0 fully saturated rings. The SMILES string of the molecule is CNC(=O)CCNP(=O)(O)CCCSSC. The summed E-state index contributed by atoms with van der Waals surface area (Å²) in [6.45, 7) is 0.239. The Hall–Kier alpha value is 0.320. The molecule has 1 unspecified atom stereocenters. The minimum atomic E-state index is -3.25. The molecule has 0 aromatic heterocycles. The maximum absolute atomic E-state index is 11.5. The zero-order valence-electron chi connectivity index (χ0n) is 9.56. The second-order valence-electron chi connectivity index (χ2n) is 3.10. The molecule has 3 N–H and O–H groups in total. The van der Waals surface area contributed by atoms with E-state index in [4.69, 9.17) is 0 Å². The van der Waals surface area contributed by atoms with Crippen molar-refractivity contribution in [2.45, 2.75) is 12.8 Å². The van der Waals surface area contributed by atoms with Crippen LogP contribution in [0.5, 0.6) is 0 Å². The number of amides is 1. The van der Waals surface area contributed by atoms with Crippen molar-refractivity contribution in [3.63, 3.8) is 0 Å². The standard InChI is InChI=1S/C8H19N2O3PS2/c1-9-8(11)4-5-10-14(12,13)6-3-7-16-15-2/h3-7H2,1-2H3,(H,9,11)(H2,10,12,13). The molecular formula is C8H19N2O3PS2. The molecule has 0 saturated heterocycles. The summed E-state index contributed by atoms with van der Waals surface area (Å²) < 4.78 is 11.5. The molecule has 0 rings (SSSR count). The number of hydrogen-bond donors (Lipinski definition) is 3. The fourth-order valence-electron chi connectivity index (χ4n) is 0.969. The molecule has 96 valence electrons. The first kappa shape index (κ1) is 16.3. The van der Waals surface area contributed by atoms with E-state index in [0.717, 1.165) is 5.75 Å². The molecule has 16 heavy (non-hydrogen) atoms. The molecule has 0 aliphatic rings. The molecule has 0 heterocycles. The quantitative estimate of drug-likeness (QED) is 0.337. The van der Waals surface area contributed by atoms with E-state index < -0.39 is 7.52 Å². The predicted octanol–water partition coefficient (Wildman–Crippen LogP) is 1.30. The third-order valence-corrected chi connectivity index (χ3v) is 5.33. The Morgan fingerprint density at radius 1 is 1.50 bits per heavy atom. The summed E-state index contributed by atoms with van der Waals surface area (Å²) in [5, 5.41) is 4.99. The Kier molecular flexibility index (Phi) is 9.55. The van der Waals surface area contributed by atoms with Crippen LogP contribution in [0.1, 0.15) is 12.8 Å². The highest BCUT2D eigenvalue weighted by Gasteiger charge is 2.16. The van der Waals surface area contributed by atoms with E-state index in [1.165, 1.54) is 0 Å². The van der Waals surface area contributed by atoms with Crippen molar-refractivity contribution >= 4 is 35.0 Å². The van der Waals surface area contributed by atoms with Gasteiger partial charge in [0.15, 0.2) is 0 Å². The minimum absolute atomic E-state index is 0.134. The van der Waals surface area contributed by atoms with E-state index in [9.17, 15) is 14.3 Å². The Labute approximate surface area is 104 Å². The van der Waals surface area contributed by atoms with E-state index in [0.29, 0.717) is 6.42 Å². The second-order valence-corrected chi connectivity index (χ2v) is 7.95. The monoisotopic (exact) mass is 286 g/mol. The molecule has 0 aromatic carbocycles. The van der Waals surface area contributed by atoms with Crippen molar-refractivity contribution in [2.24, 2.45) is 0 Å². The molecular weight excluding hydrogens is 267 g/mol. The molecule has 0 aliphatic heterocycles. The van der Waals surface area contributed by atoms with Gasteiger partial charge in [-0.2, -0.15) is 0 Å². The van der Waals surface area contributed by atoms with Gasteiger partial charge in [-0.05, 0) is 12.7 Å². The Morgan fingerprint density at radius 2 is 2.19 bits per heavy atom. The van der Waals surface area contributed by atoms with Gasteiger partial charge in [0.2, 0.25) is 5.91 Å². The highest BCUT2D eigenvalue weighted by molar-refractivity contribution is 8.76. The summed E-state index contributed by atoms with van der Waals surface area (Å²) in [6, 6.07) is 0. The largest absolute Gasteiger partial charge is 0.359 e. The van der Waals surface area contributed by atoms with E-state index in [1.54, 1.807) is 28.6 Å². The lowest BCUT2D eigenvalue weighted by Gasteiger charge is -2.12. The molecule has 0 aromatic rings. The van der Waals surface area contributed by atoms with Gasteiger partial charge in [-0.1, -0.05) is 21.6 Å². The van der Waals surface area contributed by atoms with E-state index in [1.807, 2.05) is 6.26 Å². The van der Waals surface area contributed by atoms with Crippen LogP contribution in [0.3, 0.4) is 0 Å². The molecule has 0 spiro atoms. The number of carbonyl (C=O) groups excluding carboxylic acids is 1. The van der Waals surface area contributed by atoms with Crippen LogP contribution in [0.15, 0.2) is 0 Å². The van der Waals surface area contributed by atoms with Gasteiger partial charge in [0, 0.05) is 31.9 Å². The van der Waals surface area contributed by atoms with Crippen LogP contribution in [0.25, 0.3) is 0 Å². The fraction of sp³-hybridized carbons (Fsp3) is 0.875. The summed E-state index contributed by atoms with van der Waals surface area (Å²) >= 11 is 0. The second kappa shape index (κ2) is 9.36. The van der Waals surface area contributed by atoms with Crippen LogP contribution < -0.4 is 10.4 Å². The van der Waals surface area contributed by atoms with Crippen LogP contribution in [0.4, 0.5) is 0 Å². The Balaban J connectivity index is 3.62. The lowest BCUT2D eigenvalue weighted by atomic mass is 10.4.